The van der Waals surface area contributed by atoms with Crippen LogP contribution in [0.4, 0.5) is 4.39 Å². The van der Waals surface area contributed by atoms with Crippen molar-refractivity contribution < 1.29 is 27.1 Å². The minimum atomic E-state index is -3.50. The summed E-state index contributed by atoms with van der Waals surface area (Å²) in [4.78, 5) is 12.5. The summed E-state index contributed by atoms with van der Waals surface area (Å²) in [5, 5.41) is 2.79. The second kappa shape index (κ2) is 12.5. The van der Waals surface area contributed by atoms with Crippen LogP contribution in [0, 0.1) is 11.7 Å². The summed E-state index contributed by atoms with van der Waals surface area (Å²) in [5.41, 5.74) is 1.80. The molecule has 0 aliphatic carbocycles. The SMILES string of the molecule is C=C(COc1ccc(CCNC(=O)C(NS(=O)(=O)CC)C(C)C)cc1OC)c1ccccc1F. The normalized spacial score (nSPS) is 12.3. The van der Waals surface area contributed by atoms with Gasteiger partial charge in [-0.3, -0.25) is 4.79 Å². The van der Waals surface area contributed by atoms with E-state index in [9.17, 15) is 17.6 Å². The Labute approximate surface area is 201 Å². The molecule has 2 aromatic carbocycles. The molecule has 2 N–H and O–H groups in total. The Morgan fingerprint density at radius 2 is 1.85 bits per heavy atom. The molecule has 0 aliphatic heterocycles. The van der Waals surface area contributed by atoms with Crippen molar-refractivity contribution in [3.05, 3.63) is 66.0 Å². The number of nitrogens with one attached hydrogen (secondary N) is 2. The molecule has 0 spiro atoms. The first-order valence-corrected chi connectivity index (χ1v) is 12.7. The van der Waals surface area contributed by atoms with Crippen molar-refractivity contribution in [2.24, 2.45) is 5.92 Å². The summed E-state index contributed by atoms with van der Waals surface area (Å²) < 4.78 is 51.3. The number of carbonyl (C=O) groups excluding carboxylic acids is 1. The molecule has 1 atom stereocenters. The van der Waals surface area contributed by atoms with E-state index in [4.69, 9.17) is 9.47 Å². The molecule has 186 valence electrons. The van der Waals surface area contributed by atoms with Crippen molar-refractivity contribution in [3.63, 3.8) is 0 Å². The lowest BCUT2D eigenvalue weighted by Crippen LogP contribution is -2.50. The topological polar surface area (TPSA) is 93.7 Å². The molecule has 0 fully saturated rings. The first kappa shape index (κ1) is 27.3. The lowest BCUT2D eigenvalue weighted by atomic mass is 10.0. The predicted octanol–water partition coefficient (Wildman–Crippen LogP) is 3.55. The zero-order valence-electron chi connectivity index (χ0n) is 20.1. The minimum Gasteiger partial charge on any atom is -0.493 e. The third-order valence-corrected chi connectivity index (χ3v) is 6.61. The van der Waals surface area contributed by atoms with Gasteiger partial charge in [0.05, 0.1) is 12.9 Å². The number of hydrogen-bond donors (Lipinski definition) is 2. The maximum Gasteiger partial charge on any atom is 0.238 e. The Morgan fingerprint density at radius 3 is 2.47 bits per heavy atom. The van der Waals surface area contributed by atoms with Gasteiger partial charge in [0, 0.05) is 12.1 Å². The zero-order chi connectivity index (χ0) is 25.3. The van der Waals surface area contributed by atoms with E-state index in [-0.39, 0.29) is 30.0 Å². The van der Waals surface area contributed by atoms with E-state index in [0.29, 0.717) is 35.6 Å². The molecular formula is C25H33FN2O5S. The number of benzene rings is 2. The van der Waals surface area contributed by atoms with E-state index in [1.165, 1.54) is 20.1 Å². The van der Waals surface area contributed by atoms with Crippen molar-refractivity contribution in [2.75, 3.05) is 26.0 Å². The average Bonchev–Trinajstić information content (AvgIpc) is 2.81. The second-order valence-electron chi connectivity index (χ2n) is 8.14. The molecule has 1 unspecified atom stereocenters. The summed E-state index contributed by atoms with van der Waals surface area (Å²) in [6, 6.07) is 10.9. The standard InChI is InChI=1S/C25H33FN2O5S/c1-6-34(30,31)28-24(17(2)3)25(29)27-14-13-19-11-12-22(23(15-19)32-5)33-16-18(4)20-9-7-8-10-21(20)26/h7-12,15,17,24,28H,4,6,13-14,16H2,1-3,5H3,(H,27,29). The van der Waals surface area contributed by atoms with Gasteiger partial charge in [-0.15, -0.1) is 0 Å². The molecule has 0 aliphatic rings. The third-order valence-electron chi connectivity index (χ3n) is 5.23. The van der Waals surface area contributed by atoms with E-state index in [1.807, 2.05) is 6.07 Å². The summed E-state index contributed by atoms with van der Waals surface area (Å²) in [7, 11) is -1.98. The quantitative estimate of drug-likeness (QED) is 0.446. The second-order valence-corrected chi connectivity index (χ2v) is 10.2. The lowest BCUT2D eigenvalue weighted by molar-refractivity contribution is -0.123. The van der Waals surface area contributed by atoms with Crippen LogP contribution in [0.15, 0.2) is 49.0 Å². The molecular weight excluding hydrogens is 459 g/mol. The summed E-state index contributed by atoms with van der Waals surface area (Å²) >= 11 is 0. The van der Waals surface area contributed by atoms with Crippen molar-refractivity contribution in [1.82, 2.24) is 10.0 Å². The van der Waals surface area contributed by atoms with Crippen molar-refractivity contribution in [2.45, 2.75) is 33.2 Å². The molecule has 0 heterocycles. The molecule has 2 aromatic rings. The number of sulfonamides is 1. The number of halogens is 1. The van der Waals surface area contributed by atoms with E-state index in [0.717, 1.165) is 5.56 Å². The number of hydrogen-bond acceptors (Lipinski definition) is 5. The van der Waals surface area contributed by atoms with Crippen LogP contribution in [0.25, 0.3) is 5.57 Å². The van der Waals surface area contributed by atoms with Gasteiger partial charge in [0.2, 0.25) is 15.9 Å². The molecule has 1 amide bonds. The fraction of sp³-hybridized carbons (Fsp3) is 0.400. The Kier molecular flexibility index (Phi) is 10.1. The minimum absolute atomic E-state index is 0.0919. The molecule has 0 bridgehead atoms. The Balaban J connectivity index is 1.95. The first-order valence-electron chi connectivity index (χ1n) is 11.1. The van der Waals surface area contributed by atoms with Crippen LogP contribution in [-0.4, -0.2) is 46.4 Å². The lowest BCUT2D eigenvalue weighted by Gasteiger charge is -2.21. The Bertz CT molecular complexity index is 1100. The van der Waals surface area contributed by atoms with Crippen molar-refractivity contribution >= 4 is 21.5 Å². The number of amides is 1. The maximum atomic E-state index is 13.9. The van der Waals surface area contributed by atoms with E-state index in [2.05, 4.69) is 16.6 Å². The molecule has 0 radical (unpaired) electrons. The van der Waals surface area contributed by atoms with Crippen LogP contribution in [0.2, 0.25) is 0 Å². The maximum absolute atomic E-state index is 13.9. The molecule has 0 saturated carbocycles. The van der Waals surface area contributed by atoms with E-state index < -0.39 is 16.1 Å². The fourth-order valence-corrected chi connectivity index (χ4v) is 4.12. The smallest absolute Gasteiger partial charge is 0.238 e. The molecule has 7 nitrogen and oxygen atoms in total. The number of ether oxygens (including phenoxy) is 2. The van der Waals surface area contributed by atoms with Gasteiger partial charge in [0.1, 0.15) is 18.5 Å². The van der Waals surface area contributed by atoms with Crippen LogP contribution >= 0.6 is 0 Å². The highest BCUT2D eigenvalue weighted by molar-refractivity contribution is 7.89. The first-order chi connectivity index (χ1) is 16.1. The highest BCUT2D eigenvalue weighted by Gasteiger charge is 2.26. The van der Waals surface area contributed by atoms with Gasteiger partial charge in [0.15, 0.2) is 11.5 Å². The predicted molar refractivity (Wildman–Crippen MR) is 132 cm³/mol. The number of methoxy groups -OCH3 is 1. The van der Waals surface area contributed by atoms with Crippen LogP contribution in [0.1, 0.15) is 31.9 Å². The molecule has 34 heavy (non-hydrogen) atoms. The molecule has 0 saturated heterocycles. The summed E-state index contributed by atoms with van der Waals surface area (Å²) in [5.74, 6) is -0.0292. The molecule has 9 heteroatoms. The molecule has 2 rings (SSSR count). The van der Waals surface area contributed by atoms with Gasteiger partial charge in [-0.2, -0.15) is 0 Å². The number of carbonyl (C=O) groups is 1. The van der Waals surface area contributed by atoms with Crippen LogP contribution < -0.4 is 19.5 Å². The van der Waals surface area contributed by atoms with Crippen molar-refractivity contribution in [1.29, 1.82) is 0 Å². The fourth-order valence-electron chi connectivity index (χ4n) is 3.19. The average molecular weight is 493 g/mol. The zero-order valence-corrected chi connectivity index (χ0v) is 20.9. The highest BCUT2D eigenvalue weighted by Crippen LogP contribution is 2.29. The van der Waals surface area contributed by atoms with E-state index in [1.54, 1.807) is 44.2 Å². The van der Waals surface area contributed by atoms with Crippen LogP contribution in [-0.2, 0) is 21.2 Å². The van der Waals surface area contributed by atoms with Gasteiger partial charge >= 0.3 is 0 Å². The Hall–Kier alpha value is -2.91. The Morgan fingerprint density at radius 1 is 1.15 bits per heavy atom. The van der Waals surface area contributed by atoms with Crippen LogP contribution in [0.5, 0.6) is 11.5 Å². The van der Waals surface area contributed by atoms with Crippen LogP contribution in [0.3, 0.4) is 0 Å². The van der Waals surface area contributed by atoms with Gasteiger partial charge in [-0.25, -0.2) is 17.5 Å². The molecule has 0 aromatic heterocycles. The van der Waals surface area contributed by atoms with Gasteiger partial charge in [-0.1, -0.05) is 44.7 Å². The highest BCUT2D eigenvalue weighted by atomic mass is 32.2. The van der Waals surface area contributed by atoms with Gasteiger partial charge < -0.3 is 14.8 Å². The summed E-state index contributed by atoms with van der Waals surface area (Å²) in [6.45, 7) is 9.40. The van der Waals surface area contributed by atoms with Gasteiger partial charge in [0.25, 0.3) is 0 Å². The van der Waals surface area contributed by atoms with E-state index >= 15 is 0 Å². The largest absolute Gasteiger partial charge is 0.493 e. The third kappa shape index (κ3) is 7.85. The monoisotopic (exact) mass is 492 g/mol. The number of rotatable bonds is 13. The summed E-state index contributed by atoms with van der Waals surface area (Å²) in [6.07, 6.45) is 0.510. The van der Waals surface area contributed by atoms with Crippen molar-refractivity contribution in [3.8, 4) is 11.5 Å². The van der Waals surface area contributed by atoms with Gasteiger partial charge in [-0.05, 0) is 48.6 Å².